The molecule has 0 aliphatic carbocycles. The van der Waals surface area contributed by atoms with E-state index < -0.39 is 35.6 Å². The van der Waals surface area contributed by atoms with Crippen LogP contribution in [0.5, 0.6) is 11.5 Å². The molecule has 0 aliphatic heterocycles. The fourth-order valence-corrected chi connectivity index (χ4v) is 5.98. The highest BCUT2D eigenvalue weighted by Gasteiger charge is 2.27. The number of carboxylic acids is 1. The van der Waals surface area contributed by atoms with Crippen molar-refractivity contribution in [2.45, 2.75) is 98.6 Å². The van der Waals surface area contributed by atoms with Crippen LogP contribution in [0.3, 0.4) is 0 Å². The number of phenols is 2. The van der Waals surface area contributed by atoms with E-state index in [0.29, 0.717) is 60.6 Å². The van der Waals surface area contributed by atoms with E-state index in [2.05, 4.69) is 41.2 Å². The van der Waals surface area contributed by atoms with Crippen molar-refractivity contribution in [3.05, 3.63) is 93.6 Å². The van der Waals surface area contributed by atoms with E-state index in [4.69, 9.17) is 9.47 Å². The van der Waals surface area contributed by atoms with Gasteiger partial charge in [0.05, 0.1) is 42.0 Å². The smallest absolute Gasteiger partial charge is 0.407 e. The van der Waals surface area contributed by atoms with Crippen LogP contribution < -0.4 is 21.3 Å². The number of aromatic hydroxyl groups is 2. The zero-order valence-corrected chi connectivity index (χ0v) is 35.6. The molecule has 60 heavy (non-hydrogen) atoms. The molecule has 0 bridgehead atoms. The van der Waals surface area contributed by atoms with Gasteiger partial charge in [-0.05, 0) is 109 Å². The van der Waals surface area contributed by atoms with E-state index in [9.17, 15) is 34.5 Å². The van der Waals surface area contributed by atoms with Gasteiger partial charge < -0.3 is 46.1 Å². The molecule has 0 unspecified atom stereocenters. The van der Waals surface area contributed by atoms with E-state index in [1.54, 1.807) is 65.0 Å². The maximum absolute atomic E-state index is 13.1. The first-order chi connectivity index (χ1) is 28.4. The Bertz CT molecular complexity index is 2090. The Labute approximate surface area is 350 Å². The molecule has 4 rings (SSSR count). The van der Waals surface area contributed by atoms with Crippen molar-refractivity contribution in [2.75, 3.05) is 37.4 Å². The van der Waals surface area contributed by atoms with Crippen LogP contribution in [0.4, 0.5) is 16.7 Å². The molecule has 2 aromatic carbocycles. The van der Waals surface area contributed by atoms with E-state index in [1.807, 2.05) is 32.0 Å². The Kier molecular flexibility index (Phi) is 18.5. The van der Waals surface area contributed by atoms with Crippen molar-refractivity contribution in [1.82, 2.24) is 30.6 Å². The number of aromatic nitrogens is 4. The molecule has 2 heterocycles. The highest BCUT2D eigenvalue weighted by Crippen LogP contribution is 2.18. The van der Waals surface area contributed by atoms with Crippen molar-refractivity contribution in [3.63, 3.8) is 0 Å². The summed E-state index contributed by atoms with van der Waals surface area (Å²) in [4.78, 5) is 66.0. The van der Waals surface area contributed by atoms with Crippen LogP contribution in [0, 0.1) is 13.8 Å². The number of nitrogens with zero attached hydrogens (tertiary/aromatic N) is 4. The number of benzene rings is 2. The minimum absolute atomic E-state index is 0.192. The van der Waals surface area contributed by atoms with Gasteiger partial charge >= 0.3 is 18.0 Å². The van der Waals surface area contributed by atoms with Gasteiger partial charge in [0.2, 0.25) is 11.9 Å². The summed E-state index contributed by atoms with van der Waals surface area (Å²) in [5, 5.41) is 39.6. The highest BCUT2D eigenvalue weighted by molar-refractivity contribution is 5.98. The second-order valence-electron chi connectivity index (χ2n) is 14.8. The van der Waals surface area contributed by atoms with E-state index in [1.165, 1.54) is 7.11 Å². The van der Waals surface area contributed by atoms with Gasteiger partial charge in [-0.25, -0.2) is 34.3 Å². The summed E-state index contributed by atoms with van der Waals surface area (Å²) in [5.74, 6) is -0.891. The van der Waals surface area contributed by atoms with Gasteiger partial charge in [-0.15, -0.1) is 0 Å². The number of anilines is 2. The molecule has 0 spiro atoms. The van der Waals surface area contributed by atoms with Crippen molar-refractivity contribution < 1.29 is 44.0 Å². The summed E-state index contributed by atoms with van der Waals surface area (Å²) < 4.78 is 9.96. The number of aromatic carboxylic acids is 1. The third kappa shape index (κ3) is 15.7. The third-order valence-electron chi connectivity index (χ3n) is 8.75. The second kappa shape index (κ2) is 23.2. The fourth-order valence-electron chi connectivity index (χ4n) is 5.98. The number of carboxylic acid groups (broad SMARTS) is 1. The number of amides is 2. The number of methoxy groups -OCH3 is 1. The minimum atomic E-state index is -1.13. The number of alkyl carbamates (subject to hydrolysis) is 1. The average Bonchev–Trinajstić information content (AvgIpc) is 3.18. The fraction of sp³-hybridized carbons (Fsp3) is 0.442. The van der Waals surface area contributed by atoms with Crippen LogP contribution in [-0.2, 0) is 40.0 Å². The number of phenolic OH excluding ortho intramolecular Hbond substituents is 2. The summed E-state index contributed by atoms with van der Waals surface area (Å²) in [5.41, 5.74) is 3.82. The molecular formula is C43H58N8O9. The number of carbonyl (C=O) groups excluding carboxylic acids is 3. The van der Waals surface area contributed by atoms with Crippen LogP contribution in [0.2, 0.25) is 0 Å². The molecule has 17 nitrogen and oxygen atoms in total. The number of hydrogen-bond acceptors (Lipinski definition) is 14. The molecule has 0 radical (unpaired) electrons. The van der Waals surface area contributed by atoms with Gasteiger partial charge in [0.25, 0.3) is 5.91 Å². The van der Waals surface area contributed by atoms with Gasteiger partial charge in [-0.2, -0.15) is 0 Å². The summed E-state index contributed by atoms with van der Waals surface area (Å²) >= 11 is 0. The second-order valence-corrected chi connectivity index (χ2v) is 14.8. The molecule has 0 saturated heterocycles. The van der Waals surface area contributed by atoms with Crippen LogP contribution in [0.15, 0.2) is 48.5 Å². The Balaban J connectivity index is 0.000000357. The number of nitrogens with one attached hydrogen (secondary N) is 4. The first-order valence-corrected chi connectivity index (χ1v) is 19.8. The van der Waals surface area contributed by atoms with Crippen LogP contribution in [-0.4, -0.2) is 97.6 Å². The number of hydrogen-bond donors (Lipinski definition) is 7. The zero-order chi connectivity index (χ0) is 44.4. The molecule has 2 amide bonds. The maximum Gasteiger partial charge on any atom is 0.407 e. The largest absolute Gasteiger partial charge is 0.508 e. The van der Waals surface area contributed by atoms with Gasteiger partial charge in [0, 0.05) is 13.1 Å². The summed E-state index contributed by atoms with van der Waals surface area (Å²) in [6.45, 7) is 13.3. The molecule has 0 saturated carbocycles. The molecule has 2 aromatic heterocycles. The molecule has 0 fully saturated rings. The quantitative estimate of drug-likeness (QED) is 0.0470. The van der Waals surface area contributed by atoms with Crippen molar-refractivity contribution in [2.24, 2.45) is 0 Å². The lowest BCUT2D eigenvalue weighted by Gasteiger charge is -2.22. The zero-order valence-electron chi connectivity index (χ0n) is 35.6. The van der Waals surface area contributed by atoms with Crippen molar-refractivity contribution in [1.29, 1.82) is 0 Å². The predicted octanol–water partition coefficient (Wildman–Crippen LogP) is 5.69. The number of rotatable bonds is 18. The van der Waals surface area contributed by atoms with Crippen molar-refractivity contribution in [3.8, 4) is 11.5 Å². The summed E-state index contributed by atoms with van der Waals surface area (Å²) in [7, 11) is 1.20. The molecule has 7 N–H and O–H groups in total. The lowest BCUT2D eigenvalue weighted by molar-refractivity contribution is -0.142. The Morgan fingerprint density at radius 3 is 1.67 bits per heavy atom. The Morgan fingerprint density at radius 1 is 0.750 bits per heavy atom. The predicted molar refractivity (Wildman–Crippen MR) is 227 cm³/mol. The normalized spacial score (nSPS) is 11.3. The van der Waals surface area contributed by atoms with Gasteiger partial charge in [0.1, 0.15) is 28.7 Å². The van der Waals surface area contributed by atoms with Crippen LogP contribution in [0.1, 0.15) is 102 Å². The number of esters is 1. The first-order valence-electron chi connectivity index (χ1n) is 19.8. The van der Waals surface area contributed by atoms with Crippen LogP contribution in [0.25, 0.3) is 0 Å². The summed E-state index contributed by atoms with van der Waals surface area (Å²) in [6.07, 6.45) is 3.53. The maximum atomic E-state index is 13.1. The topological polar surface area (TPSA) is 247 Å². The number of carbonyl (C=O) groups is 4. The van der Waals surface area contributed by atoms with Gasteiger partial charge in [-0.3, -0.25) is 4.79 Å². The number of ether oxygens (including phenoxy) is 2. The highest BCUT2D eigenvalue weighted by atomic mass is 16.6. The third-order valence-corrected chi connectivity index (χ3v) is 8.75. The SMILES string of the molecule is CCc1nc(NCCCc2cccc(O)c2)nc(C)c1C(=O)N[C@@H](CNC(=O)OC(C)(C)C)C(=O)OC.CCc1nc(NCCCc2cccc(O)c2)nc(C)c1C(=O)O. The van der Waals surface area contributed by atoms with Gasteiger partial charge in [0.15, 0.2) is 0 Å². The van der Waals surface area contributed by atoms with E-state index in [0.717, 1.165) is 36.8 Å². The molecular weight excluding hydrogens is 773 g/mol. The monoisotopic (exact) mass is 830 g/mol. The Hall–Kier alpha value is -6.52. The van der Waals surface area contributed by atoms with Crippen molar-refractivity contribution >= 4 is 35.8 Å². The average molecular weight is 831 g/mol. The lowest BCUT2D eigenvalue weighted by Crippen LogP contribution is -2.50. The number of aryl methyl sites for hydroxylation is 6. The minimum Gasteiger partial charge on any atom is -0.508 e. The molecule has 0 aliphatic rings. The van der Waals surface area contributed by atoms with Gasteiger partial charge in [-0.1, -0.05) is 38.1 Å². The molecule has 4 aromatic rings. The standard InChI is InChI=1S/C26H37N5O6.C17H21N3O3/c1-7-19-21(22(33)30-20(23(34)36-6)15-28-25(35)37-26(3,4)5)16(2)29-24(31-19)27-13-9-11-17-10-8-12-18(32)14-17;1-3-14-15(16(22)23)11(2)19-17(20-14)18-9-5-7-12-6-4-8-13(21)10-12/h8,10,12,14,20,32H,7,9,11,13,15H2,1-6H3,(H,28,35)(H,30,33)(H,27,29,31);4,6,8,10,21H,3,5,7,9H2,1-2H3,(H,22,23)(H,18,19,20)/t20-;/m0./s1. The Morgan fingerprint density at radius 2 is 1.23 bits per heavy atom. The summed E-state index contributed by atoms with van der Waals surface area (Å²) in [6, 6.07) is 13.2. The molecule has 1 atom stereocenters. The molecule has 324 valence electrons. The van der Waals surface area contributed by atoms with Crippen LogP contribution >= 0.6 is 0 Å². The van der Waals surface area contributed by atoms with E-state index >= 15 is 0 Å². The lowest BCUT2D eigenvalue weighted by atomic mass is 10.1. The first kappa shape index (κ1) is 47.9. The van der Waals surface area contributed by atoms with E-state index in [-0.39, 0.29) is 29.2 Å². The molecule has 17 heteroatoms.